The predicted octanol–water partition coefficient (Wildman–Crippen LogP) is 5.19. The van der Waals surface area contributed by atoms with Crippen molar-refractivity contribution in [1.29, 1.82) is 0 Å². The van der Waals surface area contributed by atoms with Crippen molar-refractivity contribution >= 4 is 45.1 Å². The van der Waals surface area contributed by atoms with Crippen LogP contribution in [0.15, 0.2) is 48.7 Å². The second-order valence-electron chi connectivity index (χ2n) is 5.10. The van der Waals surface area contributed by atoms with Crippen molar-refractivity contribution in [2.75, 3.05) is 0 Å². The van der Waals surface area contributed by atoms with E-state index in [1.807, 2.05) is 49.4 Å². The lowest BCUT2D eigenvalue weighted by Crippen LogP contribution is -1.98. The molecule has 2 aromatic heterocycles. The minimum Gasteiger partial charge on any atom is -0.294 e. The molecule has 0 unspecified atom stereocenters. The highest BCUT2D eigenvalue weighted by Crippen LogP contribution is 2.31. The van der Waals surface area contributed by atoms with Gasteiger partial charge in [-0.05, 0) is 37.3 Å². The fourth-order valence-electron chi connectivity index (χ4n) is 2.77. The number of hydrogen-bond acceptors (Lipinski definition) is 2. The van der Waals surface area contributed by atoms with E-state index in [0.717, 1.165) is 33.4 Å². The molecule has 0 spiro atoms. The third kappa shape index (κ3) is 1.97. The van der Waals surface area contributed by atoms with Gasteiger partial charge in [0.25, 0.3) is 0 Å². The zero-order chi connectivity index (χ0) is 15.3. The SMILES string of the molecule is Cc1nc2cnc3ccc(Cl)cc3c2n1-c1ccccc1Cl. The normalized spacial score (nSPS) is 11.4. The van der Waals surface area contributed by atoms with Gasteiger partial charge in [-0.25, -0.2) is 4.98 Å². The van der Waals surface area contributed by atoms with Crippen LogP contribution >= 0.6 is 23.2 Å². The second kappa shape index (κ2) is 4.97. The van der Waals surface area contributed by atoms with Crippen molar-refractivity contribution in [1.82, 2.24) is 14.5 Å². The maximum absolute atomic E-state index is 6.38. The Labute approximate surface area is 137 Å². The average molecular weight is 328 g/mol. The van der Waals surface area contributed by atoms with E-state index in [-0.39, 0.29) is 0 Å². The van der Waals surface area contributed by atoms with Crippen LogP contribution in [0.3, 0.4) is 0 Å². The van der Waals surface area contributed by atoms with Crippen LogP contribution in [0.5, 0.6) is 0 Å². The standard InChI is InChI=1S/C17H11Cl2N3/c1-10-21-15-9-20-14-7-6-11(18)8-12(14)17(15)22(10)16-5-3-2-4-13(16)19/h2-9H,1H3. The van der Waals surface area contributed by atoms with E-state index in [9.17, 15) is 0 Å². The van der Waals surface area contributed by atoms with Gasteiger partial charge in [0, 0.05) is 10.4 Å². The molecule has 0 bridgehead atoms. The molecule has 0 amide bonds. The summed E-state index contributed by atoms with van der Waals surface area (Å²) >= 11 is 12.6. The molecule has 4 aromatic rings. The first-order valence-corrected chi connectivity index (χ1v) is 7.59. The van der Waals surface area contributed by atoms with E-state index in [0.29, 0.717) is 10.0 Å². The monoisotopic (exact) mass is 327 g/mol. The van der Waals surface area contributed by atoms with Gasteiger partial charge in [0.1, 0.15) is 11.3 Å². The first kappa shape index (κ1) is 13.6. The summed E-state index contributed by atoms with van der Waals surface area (Å²) in [5, 5.41) is 2.31. The highest BCUT2D eigenvalue weighted by molar-refractivity contribution is 6.33. The number of pyridine rings is 1. The van der Waals surface area contributed by atoms with Crippen LogP contribution < -0.4 is 0 Å². The Balaban J connectivity index is 2.21. The number of aromatic nitrogens is 3. The molecule has 0 aliphatic heterocycles. The van der Waals surface area contributed by atoms with E-state index in [2.05, 4.69) is 14.5 Å². The fraction of sp³-hybridized carbons (Fsp3) is 0.0588. The zero-order valence-corrected chi connectivity index (χ0v) is 13.2. The number of aryl methyl sites for hydroxylation is 1. The van der Waals surface area contributed by atoms with Crippen molar-refractivity contribution in [3.8, 4) is 5.69 Å². The summed E-state index contributed by atoms with van der Waals surface area (Å²) in [6.07, 6.45) is 1.78. The smallest absolute Gasteiger partial charge is 0.111 e. The minimum atomic E-state index is 0.673. The molecule has 0 aliphatic rings. The Morgan fingerprint density at radius 1 is 1.00 bits per heavy atom. The van der Waals surface area contributed by atoms with Gasteiger partial charge in [-0.2, -0.15) is 0 Å². The maximum atomic E-state index is 6.38. The lowest BCUT2D eigenvalue weighted by molar-refractivity contribution is 1.00. The summed E-state index contributed by atoms with van der Waals surface area (Å²) in [6, 6.07) is 13.4. The molecule has 0 aliphatic carbocycles. The first-order valence-electron chi connectivity index (χ1n) is 6.83. The Morgan fingerprint density at radius 2 is 1.82 bits per heavy atom. The predicted molar refractivity (Wildman–Crippen MR) is 91.1 cm³/mol. The lowest BCUT2D eigenvalue weighted by atomic mass is 10.2. The van der Waals surface area contributed by atoms with E-state index in [4.69, 9.17) is 23.2 Å². The Bertz CT molecular complexity index is 1020. The van der Waals surface area contributed by atoms with Gasteiger partial charge >= 0.3 is 0 Å². The number of para-hydroxylation sites is 1. The van der Waals surface area contributed by atoms with Gasteiger partial charge < -0.3 is 0 Å². The minimum absolute atomic E-state index is 0.673. The van der Waals surface area contributed by atoms with Gasteiger partial charge in [0.05, 0.1) is 27.9 Å². The van der Waals surface area contributed by atoms with Crippen molar-refractivity contribution in [2.24, 2.45) is 0 Å². The quantitative estimate of drug-likeness (QED) is 0.481. The van der Waals surface area contributed by atoms with Crippen molar-refractivity contribution in [3.05, 3.63) is 64.5 Å². The molecular formula is C17H11Cl2N3. The number of halogens is 2. The van der Waals surface area contributed by atoms with Crippen LogP contribution in [0.2, 0.25) is 10.0 Å². The molecule has 0 saturated heterocycles. The van der Waals surface area contributed by atoms with Crippen molar-refractivity contribution in [3.63, 3.8) is 0 Å². The van der Waals surface area contributed by atoms with Crippen LogP contribution in [-0.4, -0.2) is 14.5 Å². The summed E-state index contributed by atoms with van der Waals surface area (Å²) in [4.78, 5) is 9.06. The van der Waals surface area contributed by atoms with Gasteiger partial charge in [0.2, 0.25) is 0 Å². The second-order valence-corrected chi connectivity index (χ2v) is 5.94. The molecule has 3 nitrogen and oxygen atoms in total. The molecule has 108 valence electrons. The number of nitrogens with zero attached hydrogens (tertiary/aromatic N) is 3. The van der Waals surface area contributed by atoms with Gasteiger partial charge in [-0.1, -0.05) is 35.3 Å². The van der Waals surface area contributed by atoms with Crippen molar-refractivity contribution in [2.45, 2.75) is 6.92 Å². The van der Waals surface area contributed by atoms with Crippen LogP contribution in [0.25, 0.3) is 27.6 Å². The third-order valence-corrected chi connectivity index (χ3v) is 4.26. The van der Waals surface area contributed by atoms with E-state index in [1.54, 1.807) is 6.20 Å². The van der Waals surface area contributed by atoms with E-state index < -0.39 is 0 Å². The molecule has 22 heavy (non-hydrogen) atoms. The Hall–Kier alpha value is -2.10. The zero-order valence-electron chi connectivity index (χ0n) is 11.7. The molecule has 0 radical (unpaired) electrons. The summed E-state index contributed by atoms with van der Waals surface area (Å²) in [5.41, 5.74) is 3.58. The molecule has 4 rings (SSSR count). The molecule has 5 heteroatoms. The average Bonchev–Trinajstić information content (AvgIpc) is 2.84. The Kier molecular flexibility index (Phi) is 3.06. The highest BCUT2D eigenvalue weighted by atomic mass is 35.5. The lowest BCUT2D eigenvalue weighted by Gasteiger charge is -2.10. The highest BCUT2D eigenvalue weighted by Gasteiger charge is 2.15. The molecule has 0 saturated carbocycles. The summed E-state index contributed by atoms with van der Waals surface area (Å²) in [6.45, 7) is 1.96. The first-order chi connectivity index (χ1) is 10.6. The molecule has 0 fully saturated rings. The summed E-state index contributed by atoms with van der Waals surface area (Å²) in [5.74, 6) is 0.859. The van der Waals surface area contributed by atoms with E-state index >= 15 is 0 Å². The number of imidazole rings is 1. The molecule has 0 N–H and O–H groups in total. The summed E-state index contributed by atoms with van der Waals surface area (Å²) < 4.78 is 2.05. The van der Waals surface area contributed by atoms with Crippen LogP contribution in [0, 0.1) is 6.92 Å². The van der Waals surface area contributed by atoms with Crippen LogP contribution in [0.4, 0.5) is 0 Å². The van der Waals surface area contributed by atoms with Gasteiger partial charge in [0.15, 0.2) is 0 Å². The number of hydrogen-bond donors (Lipinski definition) is 0. The molecule has 0 atom stereocenters. The largest absolute Gasteiger partial charge is 0.294 e. The molecular weight excluding hydrogens is 317 g/mol. The van der Waals surface area contributed by atoms with Crippen molar-refractivity contribution < 1.29 is 0 Å². The van der Waals surface area contributed by atoms with Gasteiger partial charge in [-0.3, -0.25) is 9.55 Å². The maximum Gasteiger partial charge on any atom is 0.111 e. The topological polar surface area (TPSA) is 30.7 Å². The van der Waals surface area contributed by atoms with E-state index in [1.165, 1.54) is 0 Å². The van der Waals surface area contributed by atoms with Gasteiger partial charge in [-0.15, -0.1) is 0 Å². The van der Waals surface area contributed by atoms with Crippen LogP contribution in [0.1, 0.15) is 5.82 Å². The third-order valence-electron chi connectivity index (χ3n) is 3.71. The number of fused-ring (bicyclic) bond motifs is 3. The number of rotatable bonds is 1. The summed E-state index contributed by atoms with van der Waals surface area (Å²) in [7, 11) is 0. The number of benzene rings is 2. The molecule has 2 aromatic carbocycles. The Morgan fingerprint density at radius 3 is 2.64 bits per heavy atom. The molecule has 2 heterocycles. The fourth-order valence-corrected chi connectivity index (χ4v) is 3.16. The van der Waals surface area contributed by atoms with Crippen LogP contribution in [-0.2, 0) is 0 Å².